The highest BCUT2D eigenvalue weighted by molar-refractivity contribution is 5.55. The van der Waals surface area contributed by atoms with E-state index in [1.165, 1.54) is 12.8 Å². The second kappa shape index (κ2) is 5.20. The third-order valence-electron chi connectivity index (χ3n) is 4.26. The number of anilines is 2. The molecule has 2 aliphatic rings. The molecule has 5 nitrogen and oxygen atoms in total. The second-order valence-corrected chi connectivity index (χ2v) is 6.31. The highest BCUT2D eigenvalue weighted by Gasteiger charge is 2.40. The summed E-state index contributed by atoms with van der Waals surface area (Å²) in [5.74, 6) is 3.27. The molecule has 110 valence electrons. The summed E-state index contributed by atoms with van der Waals surface area (Å²) >= 11 is 0. The molecule has 20 heavy (non-hydrogen) atoms. The van der Waals surface area contributed by atoms with Crippen LogP contribution in [0.5, 0.6) is 0 Å². The van der Waals surface area contributed by atoms with Gasteiger partial charge in [0, 0.05) is 18.1 Å². The van der Waals surface area contributed by atoms with E-state index in [0.717, 1.165) is 36.2 Å². The average molecular weight is 276 g/mol. The zero-order valence-corrected chi connectivity index (χ0v) is 12.5. The fourth-order valence-corrected chi connectivity index (χ4v) is 2.78. The van der Waals surface area contributed by atoms with Crippen LogP contribution < -0.4 is 11.1 Å². The van der Waals surface area contributed by atoms with Crippen molar-refractivity contribution in [3.63, 3.8) is 0 Å². The van der Waals surface area contributed by atoms with E-state index in [1.54, 1.807) is 0 Å². The Hall–Kier alpha value is -1.36. The molecule has 1 aliphatic heterocycles. The van der Waals surface area contributed by atoms with Crippen LogP contribution in [0.3, 0.4) is 0 Å². The van der Waals surface area contributed by atoms with E-state index in [0.29, 0.717) is 18.0 Å². The van der Waals surface area contributed by atoms with Gasteiger partial charge in [0.25, 0.3) is 0 Å². The fraction of sp³-hybridized carbons (Fsp3) is 0.733. The molecule has 1 saturated carbocycles. The molecule has 1 aromatic rings. The van der Waals surface area contributed by atoms with Gasteiger partial charge in [0.05, 0.1) is 12.1 Å². The van der Waals surface area contributed by atoms with E-state index in [1.807, 2.05) is 6.92 Å². The maximum atomic E-state index is 6.02. The van der Waals surface area contributed by atoms with Crippen LogP contribution in [0.4, 0.5) is 11.6 Å². The Labute approximate surface area is 120 Å². The lowest BCUT2D eigenvalue weighted by Gasteiger charge is -2.22. The van der Waals surface area contributed by atoms with Crippen molar-refractivity contribution in [1.82, 2.24) is 9.97 Å². The van der Waals surface area contributed by atoms with Crippen molar-refractivity contribution >= 4 is 11.6 Å². The van der Waals surface area contributed by atoms with Gasteiger partial charge in [-0.25, -0.2) is 9.97 Å². The standard InChI is InChI=1S/C15H24N4O/c1-8(2)14-18-13(16)9(3)15(19-14)17-11-6-7-20-12(11)10-4-5-10/h8,10-12H,4-7H2,1-3H3,(H3,16,17,18,19). The van der Waals surface area contributed by atoms with Gasteiger partial charge < -0.3 is 15.8 Å². The molecule has 1 aliphatic carbocycles. The van der Waals surface area contributed by atoms with Crippen LogP contribution in [0.15, 0.2) is 0 Å². The topological polar surface area (TPSA) is 73.1 Å². The Kier molecular flexibility index (Phi) is 3.54. The lowest BCUT2D eigenvalue weighted by molar-refractivity contribution is 0.0898. The first-order valence-electron chi connectivity index (χ1n) is 7.58. The summed E-state index contributed by atoms with van der Waals surface area (Å²) in [6.07, 6.45) is 3.98. The number of rotatable bonds is 4. The zero-order valence-electron chi connectivity index (χ0n) is 12.5. The Morgan fingerprint density at radius 1 is 1.25 bits per heavy atom. The van der Waals surface area contributed by atoms with Crippen LogP contribution in [-0.2, 0) is 4.74 Å². The maximum Gasteiger partial charge on any atom is 0.135 e. The SMILES string of the molecule is Cc1c(N)nc(C(C)C)nc1NC1CCOC1C1CC1. The number of hydrogen-bond donors (Lipinski definition) is 2. The maximum absolute atomic E-state index is 6.02. The molecule has 0 bridgehead atoms. The van der Waals surface area contributed by atoms with E-state index in [9.17, 15) is 0 Å². The first-order chi connectivity index (χ1) is 9.56. The lowest BCUT2D eigenvalue weighted by Crippen LogP contribution is -2.32. The van der Waals surface area contributed by atoms with Crippen molar-refractivity contribution in [2.24, 2.45) is 5.92 Å². The molecule has 0 amide bonds. The van der Waals surface area contributed by atoms with E-state index in [-0.39, 0.29) is 5.92 Å². The van der Waals surface area contributed by atoms with Crippen molar-refractivity contribution in [2.75, 3.05) is 17.7 Å². The number of nitrogen functional groups attached to an aromatic ring is 1. The number of nitrogens with two attached hydrogens (primary N) is 1. The molecule has 2 fully saturated rings. The van der Waals surface area contributed by atoms with Crippen molar-refractivity contribution in [1.29, 1.82) is 0 Å². The van der Waals surface area contributed by atoms with Crippen molar-refractivity contribution in [3.05, 3.63) is 11.4 Å². The van der Waals surface area contributed by atoms with Gasteiger partial charge in [-0.3, -0.25) is 0 Å². The van der Waals surface area contributed by atoms with Gasteiger partial charge in [-0.2, -0.15) is 0 Å². The minimum atomic E-state index is 0.275. The average Bonchev–Trinajstić information content (AvgIpc) is 3.15. The van der Waals surface area contributed by atoms with Gasteiger partial charge in [-0.05, 0) is 32.1 Å². The predicted octanol–water partition coefficient (Wildman–Crippen LogP) is 2.47. The van der Waals surface area contributed by atoms with E-state index < -0.39 is 0 Å². The van der Waals surface area contributed by atoms with Crippen LogP contribution in [0.1, 0.15) is 50.4 Å². The molecule has 3 N–H and O–H groups in total. The quantitative estimate of drug-likeness (QED) is 0.883. The van der Waals surface area contributed by atoms with Gasteiger partial charge in [0.2, 0.25) is 0 Å². The number of aromatic nitrogens is 2. The second-order valence-electron chi connectivity index (χ2n) is 6.31. The zero-order chi connectivity index (χ0) is 14.3. The molecule has 0 radical (unpaired) electrons. The third-order valence-corrected chi connectivity index (χ3v) is 4.26. The first kappa shape index (κ1) is 13.6. The molecule has 5 heteroatoms. The molecule has 1 saturated heterocycles. The highest BCUT2D eigenvalue weighted by atomic mass is 16.5. The van der Waals surface area contributed by atoms with Crippen LogP contribution in [0.25, 0.3) is 0 Å². The summed E-state index contributed by atoms with van der Waals surface area (Å²) < 4.78 is 5.87. The monoisotopic (exact) mass is 276 g/mol. The molecular weight excluding hydrogens is 252 g/mol. The summed E-state index contributed by atoms with van der Waals surface area (Å²) in [5, 5.41) is 3.56. The summed E-state index contributed by atoms with van der Waals surface area (Å²) in [6, 6.07) is 0.357. The number of nitrogens with zero attached hydrogens (tertiary/aromatic N) is 2. The Morgan fingerprint density at radius 3 is 2.65 bits per heavy atom. The lowest BCUT2D eigenvalue weighted by atomic mass is 10.1. The number of ether oxygens (including phenoxy) is 1. The van der Waals surface area contributed by atoms with E-state index in [4.69, 9.17) is 10.5 Å². The molecule has 1 aromatic heterocycles. The van der Waals surface area contributed by atoms with Crippen LogP contribution >= 0.6 is 0 Å². The van der Waals surface area contributed by atoms with Gasteiger partial charge in [-0.15, -0.1) is 0 Å². The molecule has 2 heterocycles. The Morgan fingerprint density at radius 2 is 2.00 bits per heavy atom. The predicted molar refractivity (Wildman–Crippen MR) is 79.8 cm³/mol. The normalized spacial score (nSPS) is 26.2. The molecule has 2 unspecified atom stereocenters. The fourth-order valence-electron chi connectivity index (χ4n) is 2.78. The minimum absolute atomic E-state index is 0.275. The summed E-state index contributed by atoms with van der Waals surface area (Å²) in [6.45, 7) is 6.98. The van der Waals surface area contributed by atoms with E-state index >= 15 is 0 Å². The number of nitrogens with one attached hydrogen (secondary N) is 1. The largest absolute Gasteiger partial charge is 0.383 e. The van der Waals surface area contributed by atoms with Crippen molar-refractivity contribution in [2.45, 2.75) is 58.1 Å². The van der Waals surface area contributed by atoms with Crippen molar-refractivity contribution < 1.29 is 4.74 Å². The molecule has 2 atom stereocenters. The van der Waals surface area contributed by atoms with Crippen molar-refractivity contribution in [3.8, 4) is 0 Å². The third kappa shape index (κ3) is 2.59. The van der Waals surface area contributed by atoms with Gasteiger partial charge in [0.15, 0.2) is 0 Å². The Bertz CT molecular complexity index is 499. The van der Waals surface area contributed by atoms with E-state index in [2.05, 4.69) is 29.1 Å². The number of hydrogen-bond acceptors (Lipinski definition) is 5. The molecule has 0 spiro atoms. The summed E-state index contributed by atoms with van der Waals surface area (Å²) in [4.78, 5) is 9.02. The first-order valence-corrected chi connectivity index (χ1v) is 7.58. The minimum Gasteiger partial charge on any atom is -0.383 e. The Balaban J connectivity index is 1.82. The van der Waals surface area contributed by atoms with Gasteiger partial charge in [-0.1, -0.05) is 13.8 Å². The molecule has 3 rings (SSSR count). The van der Waals surface area contributed by atoms with Crippen LogP contribution in [-0.4, -0.2) is 28.7 Å². The molecular formula is C15H24N4O. The van der Waals surface area contributed by atoms with Crippen LogP contribution in [0, 0.1) is 12.8 Å². The van der Waals surface area contributed by atoms with Crippen LogP contribution in [0.2, 0.25) is 0 Å². The smallest absolute Gasteiger partial charge is 0.135 e. The molecule has 0 aromatic carbocycles. The summed E-state index contributed by atoms with van der Waals surface area (Å²) in [5.41, 5.74) is 6.96. The van der Waals surface area contributed by atoms with Gasteiger partial charge in [0.1, 0.15) is 17.5 Å². The summed E-state index contributed by atoms with van der Waals surface area (Å²) in [7, 11) is 0. The highest BCUT2D eigenvalue weighted by Crippen LogP contribution is 2.39. The van der Waals surface area contributed by atoms with Gasteiger partial charge >= 0.3 is 0 Å².